The van der Waals surface area contributed by atoms with E-state index in [0.29, 0.717) is 5.25 Å². The van der Waals surface area contributed by atoms with Gasteiger partial charge in [-0.2, -0.15) is 0 Å². The Labute approximate surface area is 143 Å². The number of para-hydroxylation sites is 1. The number of thioether (sulfide) groups is 1. The molecule has 0 aliphatic heterocycles. The Morgan fingerprint density at radius 1 is 1.00 bits per heavy atom. The first-order valence-corrected chi connectivity index (χ1v) is 8.88. The van der Waals surface area contributed by atoms with E-state index >= 15 is 0 Å². The van der Waals surface area contributed by atoms with Gasteiger partial charge in [-0.3, -0.25) is 4.57 Å². The molecular weight excluding hydrogens is 356 g/mol. The second-order valence-electron chi connectivity index (χ2n) is 5.27. The molecule has 0 fully saturated rings. The quantitative estimate of drug-likeness (QED) is 0.538. The van der Waals surface area contributed by atoms with Gasteiger partial charge in [0.1, 0.15) is 0 Å². The Morgan fingerprint density at radius 2 is 1.68 bits per heavy atom. The molecule has 0 aliphatic carbocycles. The number of imidazole rings is 1. The molecule has 0 N–H and O–H groups in total. The van der Waals surface area contributed by atoms with E-state index in [2.05, 4.69) is 87.9 Å². The highest BCUT2D eigenvalue weighted by Crippen LogP contribution is 2.31. The molecule has 0 atom stereocenters. The lowest BCUT2D eigenvalue weighted by Gasteiger charge is -2.13. The number of hydrogen-bond donors (Lipinski definition) is 0. The lowest BCUT2D eigenvalue weighted by atomic mass is 10.1. The topological polar surface area (TPSA) is 17.8 Å². The van der Waals surface area contributed by atoms with Crippen LogP contribution in [0.2, 0.25) is 0 Å². The van der Waals surface area contributed by atoms with Crippen LogP contribution in [-0.2, 0) is 0 Å². The predicted octanol–water partition coefficient (Wildman–Crippen LogP) is 5.80. The maximum absolute atomic E-state index is 4.65. The lowest BCUT2D eigenvalue weighted by molar-refractivity contribution is 0.893. The fraction of sp³-hybridized carbons (Fsp3) is 0.167. The lowest BCUT2D eigenvalue weighted by Crippen LogP contribution is -2.00. The first-order chi connectivity index (χ1) is 10.6. The van der Waals surface area contributed by atoms with E-state index in [4.69, 9.17) is 0 Å². The highest BCUT2D eigenvalue weighted by Gasteiger charge is 2.14. The molecule has 22 heavy (non-hydrogen) atoms. The highest BCUT2D eigenvalue weighted by atomic mass is 79.9. The molecule has 2 nitrogen and oxygen atoms in total. The Morgan fingerprint density at radius 3 is 2.32 bits per heavy atom. The summed E-state index contributed by atoms with van der Waals surface area (Å²) in [6.45, 7) is 4.38. The average molecular weight is 373 g/mol. The van der Waals surface area contributed by atoms with Gasteiger partial charge in [-0.25, -0.2) is 4.98 Å². The van der Waals surface area contributed by atoms with Crippen molar-refractivity contribution in [3.63, 3.8) is 0 Å². The molecule has 0 spiro atoms. The van der Waals surface area contributed by atoms with Crippen molar-refractivity contribution < 1.29 is 0 Å². The molecule has 3 rings (SSSR count). The van der Waals surface area contributed by atoms with Gasteiger partial charge in [-0.05, 0) is 24.3 Å². The summed E-state index contributed by atoms with van der Waals surface area (Å²) >= 11 is 5.27. The van der Waals surface area contributed by atoms with Crippen molar-refractivity contribution in [3.05, 3.63) is 65.3 Å². The summed E-state index contributed by atoms with van der Waals surface area (Å²) < 4.78 is 3.31. The smallest absolute Gasteiger partial charge is 0.173 e. The molecule has 0 amide bonds. The van der Waals surface area contributed by atoms with Gasteiger partial charge in [0.2, 0.25) is 0 Å². The summed E-state index contributed by atoms with van der Waals surface area (Å²) in [6.07, 6.45) is 1.96. The fourth-order valence-electron chi connectivity index (χ4n) is 2.28. The van der Waals surface area contributed by atoms with Crippen molar-refractivity contribution in [2.75, 3.05) is 0 Å². The zero-order valence-electron chi connectivity index (χ0n) is 12.5. The third-order valence-electron chi connectivity index (χ3n) is 3.22. The number of aromatic nitrogens is 2. The third kappa shape index (κ3) is 3.28. The molecule has 0 bridgehead atoms. The van der Waals surface area contributed by atoms with Crippen molar-refractivity contribution in [2.24, 2.45) is 0 Å². The Hall–Kier alpha value is -1.52. The van der Waals surface area contributed by atoms with Crippen LogP contribution in [0, 0.1) is 0 Å². The summed E-state index contributed by atoms with van der Waals surface area (Å²) in [5.74, 6) is 0. The molecule has 0 saturated carbocycles. The molecule has 1 heterocycles. The number of benzene rings is 2. The first kappa shape index (κ1) is 15.4. The minimum absolute atomic E-state index is 0.489. The van der Waals surface area contributed by atoms with E-state index in [9.17, 15) is 0 Å². The molecule has 2 aromatic carbocycles. The van der Waals surface area contributed by atoms with E-state index in [-0.39, 0.29) is 0 Å². The Bertz CT molecular complexity index is 749. The van der Waals surface area contributed by atoms with Gasteiger partial charge < -0.3 is 0 Å². The van der Waals surface area contributed by atoms with Crippen LogP contribution < -0.4 is 0 Å². The highest BCUT2D eigenvalue weighted by molar-refractivity contribution is 9.10. The number of nitrogens with zero attached hydrogens (tertiary/aromatic N) is 2. The van der Waals surface area contributed by atoms with Gasteiger partial charge in [-0.15, -0.1) is 0 Å². The van der Waals surface area contributed by atoms with Crippen LogP contribution in [0.25, 0.3) is 16.9 Å². The van der Waals surface area contributed by atoms with Crippen LogP contribution in [0.3, 0.4) is 0 Å². The third-order valence-corrected chi connectivity index (χ3v) is 4.72. The number of halogens is 1. The molecule has 0 saturated heterocycles. The summed E-state index contributed by atoms with van der Waals surface area (Å²) in [6, 6.07) is 18.8. The van der Waals surface area contributed by atoms with Crippen molar-refractivity contribution in [2.45, 2.75) is 24.3 Å². The van der Waals surface area contributed by atoms with E-state index in [1.165, 1.54) is 0 Å². The standard InChI is InChI=1S/C18H17BrN2S/c1-13(2)22-18-20-12-17(14-8-10-15(19)11-9-14)21(18)16-6-4-3-5-7-16/h3-13H,1-2H3. The molecule has 0 radical (unpaired) electrons. The van der Waals surface area contributed by atoms with Crippen LogP contribution in [-0.4, -0.2) is 14.8 Å². The zero-order valence-corrected chi connectivity index (χ0v) is 14.9. The van der Waals surface area contributed by atoms with Crippen molar-refractivity contribution in [3.8, 4) is 16.9 Å². The summed E-state index contributed by atoms with van der Waals surface area (Å²) in [5.41, 5.74) is 3.41. The molecule has 0 unspecified atom stereocenters. The van der Waals surface area contributed by atoms with Crippen molar-refractivity contribution in [1.29, 1.82) is 0 Å². The van der Waals surface area contributed by atoms with Gasteiger partial charge in [0.25, 0.3) is 0 Å². The van der Waals surface area contributed by atoms with E-state index in [0.717, 1.165) is 26.6 Å². The van der Waals surface area contributed by atoms with Crippen molar-refractivity contribution in [1.82, 2.24) is 9.55 Å². The second kappa shape index (κ2) is 6.71. The normalized spacial score (nSPS) is 11.1. The first-order valence-electron chi connectivity index (χ1n) is 7.21. The van der Waals surface area contributed by atoms with E-state index in [1.807, 2.05) is 12.3 Å². The van der Waals surface area contributed by atoms with Gasteiger partial charge in [0, 0.05) is 21.0 Å². The maximum atomic E-state index is 4.65. The molecule has 0 aliphatic rings. The monoisotopic (exact) mass is 372 g/mol. The van der Waals surface area contributed by atoms with E-state index < -0.39 is 0 Å². The Balaban J connectivity index is 2.14. The van der Waals surface area contributed by atoms with Crippen LogP contribution in [0.5, 0.6) is 0 Å². The molecule has 112 valence electrons. The van der Waals surface area contributed by atoms with Gasteiger partial charge in [-0.1, -0.05) is 71.9 Å². The van der Waals surface area contributed by atoms with Gasteiger partial charge in [0.15, 0.2) is 5.16 Å². The summed E-state index contributed by atoms with van der Waals surface area (Å²) in [7, 11) is 0. The SMILES string of the molecule is CC(C)Sc1ncc(-c2ccc(Br)cc2)n1-c1ccccc1. The fourth-order valence-corrected chi connectivity index (χ4v) is 3.39. The predicted molar refractivity (Wildman–Crippen MR) is 97.7 cm³/mol. The van der Waals surface area contributed by atoms with E-state index in [1.54, 1.807) is 11.8 Å². The van der Waals surface area contributed by atoms with Crippen molar-refractivity contribution >= 4 is 27.7 Å². The van der Waals surface area contributed by atoms with Gasteiger partial charge >= 0.3 is 0 Å². The minimum atomic E-state index is 0.489. The van der Waals surface area contributed by atoms with Crippen LogP contribution in [0.4, 0.5) is 0 Å². The maximum Gasteiger partial charge on any atom is 0.173 e. The summed E-state index contributed by atoms with van der Waals surface area (Å²) in [5, 5.41) is 1.52. The average Bonchev–Trinajstić information content (AvgIpc) is 2.91. The second-order valence-corrected chi connectivity index (χ2v) is 7.73. The Kier molecular flexibility index (Phi) is 4.69. The molecule has 4 heteroatoms. The van der Waals surface area contributed by atoms with Crippen LogP contribution in [0.15, 0.2) is 70.4 Å². The largest absolute Gasteiger partial charge is 0.287 e. The molecular formula is C18H17BrN2S. The zero-order chi connectivity index (χ0) is 15.5. The minimum Gasteiger partial charge on any atom is -0.287 e. The number of rotatable bonds is 4. The number of hydrogen-bond acceptors (Lipinski definition) is 2. The van der Waals surface area contributed by atoms with Gasteiger partial charge in [0.05, 0.1) is 11.9 Å². The van der Waals surface area contributed by atoms with Crippen LogP contribution in [0.1, 0.15) is 13.8 Å². The molecule has 3 aromatic rings. The van der Waals surface area contributed by atoms with Crippen LogP contribution >= 0.6 is 27.7 Å². The molecule has 1 aromatic heterocycles. The summed E-state index contributed by atoms with van der Waals surface area (Å²) in [4.78, 5) is 4.65.